The van der Waals surface area contributed by atoms with Crippen LogP contribution in [-0.2, 0) is 9.53 Å². The lowest BCUT2D eigenvalue weighted by Gasteiger charge is -2.17. The van der Waals surface area contributed by atoms with Gasteiger partial charge in [0, 0.05) is 0 Å². The van der Waals surface area contributed by atoms with E-state index in [2.05, 4.69) is 25.5 Å². The Balaban J connectivity index is 3.04. The van der Waals surface area contributed by atoms with E-state index in [0.717, 1.165) is 6.42 Å². The van der Waals surface area contributed by atoms with Gasteiger partial charge in [0.15, 0.2) is 0 Å². The molecule has 0 saturated heterocycles. The van der Waals surface area contributed by atoms with Crippen molar-refractivity contribution in [2.45, 2.75) is 52.9 Å². The van der Waals surface area contributed by atoms with Crippen LogP contribution in [0, 0.1) is 5.41 Å². The molecule has 0 spiro atoms. The quantitative estimate of drug-likeness (QED) is 0.451. The Kier molecular flexibility index (Phi) is 6.65. The fourth-order valence-corrected chi connectivity index (χ4v) is 1.24. The first-order valence-electron chi connectivity index (χ1n) is 5.11. The van der Waals surface area contributed by atoms with Gasteiger partial charge in [-0.25, -0.2) is 0 Å². The van der Waals surface area contributed by atoms with Crippen LogP contribution in [0.1, 0.15) is 52.9 Å². The number of hydrogen-bond donors (Lipinski definition) is 0. The van der Waals surface area contributed by atoms with Gasteiger partial charge in [-0.15, -0.1) is 0 Å². The zero-order chi connectivity index (χ0) is 10.2. The zero-order valence-corrected chi connectivity index (χ0v) is 9.14. The second-order valence-electron chi connectivity index (χ2n) is 4.69. The molecule has 78 valence electrons. The predicted molar refractivity (Wildman–Crippen MR) is 54.6 cm³/mol. The third kappa shape index (κ3) is 11.5. The van der Waals surface area contributed by atoms with Crippen LogP contribution < -0.4 is 0 Å². The average Bonchev–Trinajstić information content (AvgIpc) is 2.01. The van der Waals surface area contributed by atoms with Crippen molar-refractivity contribution in [2.75, 3.05) is 6.61 Å². The number of unbranched alkanes of at least 4 members (excludes halogenated alkanes) is 3. The first kappa shape index (κ1) is 12.5. The Morgan fingerprint density at radius 1 is 1.08 bits per heavy atom. The van der Waals surface area contributed by atoms with E-state index in [1.165, 1.54) is 25.7 Å². The molecule has 0 radical (unpaired) electrons. The number of ether oxygens (including phenoxy) is 1. The van der Waals surface area contributed by atoms with Crippen LogP contribution >= 0.6 is 0 Å². The molecule has 0 N–H and O–H groups in total. The van der Waals surface area contributed by atoms with Gasteiger partial charge in [0.05, 0.1) is 6.61 Å². The summed E-state index contributed by atoms with van der Waals surface area (Å²) < 4.78 is 4.60. The van der Waals surface area contributed by atoms with Gasteiger partial charge >= 0.3 is 0 Å². The summed E-state index contributed by atoms with van der Waals surface area (Å²) in [7, 11) is 0. The normalized spacial score (nSPS) is 11.3. The molecule has 0 aliphatic carbocycles. The Hall–Kier alpha value is -0.530. The second-order valence-corrected chi connectivity index (χ2v) is 4.69. The first-order valence-corrected chi connectivity index (χ1v) is 5.11. The molecular formula is C11H22O2. The van der Waals surface area contributed by atoms with E-state index in [1.54, 1.807) is 0 Å². The molecule has 2 nitrogen and oxygen atoms in total. The summed E-state index contributed by atoms with van der Waals surface area (Å²) in [6.45, 7) is 7.90. The summed E-state index contributed by atoms with van der Waals surface area (Å²) in [5, 5.41) is 0. The fourth-order valence-electron chi connectivity index (χ4n) is 1.24. The molecular weight excluding hydrogens is 164 g/mol. The third-order valence-corrected chi connectivity index (χ3v) is 2.01. The molecule has 0 amide bonds. The maximum absolute atomic E-state index is 9.80. The monoisotopic (exact) mass is 186 g/mol. The van der Waals surface area contributed by atoms with Crippen molar-refractivity contribution in [1.82, 2.24) is 0 Å². The Morgan fingerprint density at radius 2 is 1.69 bits per heavy atom. The summed E-state index contributed by atoms with van der Waals surface area (Å²) in [5.41, 5.74) is 0.458. The lowest BCUT2D eigenvalue weighted by molar-refractivity contribution is -0.128. The van der Waals surface area contributed by atoms with Gasteiger partial charge in [0.25, 0.3) is 6.47 Å². The van der Waals surface area contributed by atoms with Gasteiger partial charge in [0.1, 0.15) is 0 Å². The summed E-state index contributed by atoms with van der Waals surface area (Å²) in [4.78, 5) is 9.80. The lowest BCUT2D eigenvalue weighted by atomic mass is 9.89. The SMILES string of the molecule is CC(C)(C)CCCCCCOC=O. The van der Waals surface area contributed by atoms with Crippen LogP contribution in [0.2, 0.25) is 0 Å². The van der Waals surface area contributed by atoms with E-state index >= 15 is 0 Å². The van der Waals surface area contributed by atoms with Crippen molar-refractivity contribution in [3.63, 3.8) is 0 Å². The Morgan fingerprint density at radius 3 is 2.23 bits per heavy atom. The fraction of sp³-hybridized carbons (Fsp3) is 0.909. The van der Waals surface area contributed by atoms with E-state index in [-0.39, 0.29) is 0 Å². The van der Waals surface area contributed by atoms with Gasteiger partial charge in [-0.1, -0.05) is 40.0 Å². The molecule has 0 atom stereocenters. The highest BCUT2D eigenvalue weighted by Crippen LogP contribution is 2.22. The minimum absolute atomic E-state index is 0.458. The van der Waals surface area contributed by atoms with E-state index in [4.69, 9.17) is 0 Å². The smallest absolute Gasteiger partial charge is 0.293 e. The third-order valence-electron chi connectivity index (χ3n) is 2.01. The molecule has 0 aromatic carbocycles. The van der Waals surface area contributed by atoms with Crippen molar-refractivity contribution >= 4 is 6.47 Å². The highest BCUT2D eigenvalue weighted by Gasteiger charge is 2.08. The molecule has 0 saturated carbocycles. The van der Waals surface area contributed by atoms with E-state index in [0.29, 0.717) is 18.5 Å². The van der Waals surface area contributed by atoms with Crippen LogP contribution in [0.5, 0.6) is 0 Å². The van der Waals surface area contributed by atoms with E-state index < -0.39 is 0 Å². The maximum atomic E-state index is 9.80. The predicted octanol–water partition coefficient (Wildman–Crippen LogP) is 3.16. The van der Waals surface area contributed by atoms with Crippen molar-refractivity contribution in [3.8, 4) is 0 Å². The van der Waals surface area contributed by atoms with Gasteiger partial charge in [-0.3, -0.25) is 4.79 Å². The molecule has 0 bridgehead atoms. The van der Waals surface area contributed by atoms with Crippen LogP contribution in [-0.4, -0.2) is 13.1 Å². The molecule has 0 aromatic heterocycles. The van der Waals surface area contributed by atoms with E-state index in [9.17, 15) is 4.79 Å². The Labute approximate surface area is 81.7 Å². The summed E-state index contributed by atoms with van der Waals surface area (Å²) in [6, 6.07) is 0. The molecule has 0 fully saturated rings. The first-order chi connectivity index (χ1) is 6.06. The van der Waals surface area contributed by atoms with E-state index in [1.807, 2.05) is 0 Å². The zero-order valence-electron chi connectivity index (χ0n) is 9.14. The molecule has 0 aliphatic rings. The lowest BCUT2D eigenvalue weighted by Crippen LogP contribution is -2.04. The van der Waals surface area contributed by atoms with Gasteiger partial charge in [0.2, 0.25) is 0 Å². The van der Waals surface area contributed by atoms with Crippen molar-refractivity contribution in [1.29, 1.82) is 0 Å². The molecule has 13 heavy (non-hydrogen) atoms. The topological polar surface area (TPSA) is 26.3 Å². The summed E-state index contributed by atoms with van der Waals surface area (Å²) in [5.74, 6) is 0. The number of carbonyl (C=O) groups excluding carboxylic acids is 1. The van der Waals surface area contributed by atoms with Crippen molar-refractivity contribution in [2.24, 2.45) is 5.41 Å². The minimum Gasteiger partial charge on any atom is -0.468 e. The molecule has 2 heteroatoms. The number of carbonyl (C=O) groups is 1. The van der Waals surface area contributed by atoms with Gasteiger partial charge in [-0.05, 0) is 18.3 Å². The molecule has 0 aliphatic heterocycles. The number of rotatable bonds is 7. The molecule has 0 rings (SSSR count). The highest BCUT2D eigenvalue weighted by molar-refractivity contribution is 5.36. The average molecular weight is 186 g/mol. The highest BCUT2D eigenvalue weighted by atomic mass is 16.5. The molecule has 0 heterocycles. The van der Waals surface area contributed by atoms with Crippen molar-refractivity contribution < 1.29 is 9.53 Å². The van der Waals surface area contributed by atoms with Crippen LogP contribution in [0.15, 0.2) is 0 Å². The van der Waals surface area contributed by atoms with Gasteiger partial charge in [-0.2, -0.15) is 0 Å². The van der Waals surface area contributed by atoms with Gasteiger partial charge < -0.3 is 4.74 Å². The van der Waals surface area contributed by atoms with Crippen LogP contribution in [0.4, 0.5) is 0 Å². The summed E-state index contributed by atoms with van der Waals surface area (Å²) >= 11 is 0. The molecule has 0 unspecified atom stereocenters. The van der Waals surface area contributed by atoms with Crippen molar-refractivity contribution in [3.05, 3.63) is 0 Å². The largest absolute Gasteiger partial charge is 0.468 e. The number of hydrogen-bond acceptors (Lipinski definition) is 2. The Bertz CT molecular complexity index is 125. The standard InChI is InChI=1S/C11H22O2/c1-11(2,3)8-6-4-5-7-9-13-10-12/h10H,4-9H2,1-3H3. The second kappa shape index (κ2) is 6.93. The van der Waals surface area contributed by atoms with Crippen LogP contribution in [0.3, 0.4) is 0 Å². The minimum atomic E-state index is 0.458. The summed E-state index contributed by atoms with van der Waals surface area (Å²) in [6.07, 6.45) is 5.98. The molecule has 0 aromatic rings. The maximum Gasteiger partial charge on any atom is 0.293 e. The van der Waals surface area contributed by atoms with Crippen LogP contribution in [0.25, 0.3) is 0 Å².